The summed E-state index contributed by atoms with van der Waals surface area (Å²) in [6, 6.07) is -0.998. The molecule has 4 bridgehead atoms. The van der Waals surface area contributed by atoms with Crippen molar-refractivity contribution in [2.45, 2.75) is 134 Å². The number of aliphatic hydroxyl groups excluding tert-OH is 1. The van der Waals surface area contributed by atoms with Crippen LogP contribution in [0, 0.1) is 29.6 Å². The molecule has 0 aromatic heterocycles. The fraction of sp³-hybridized carbons (Fsp3) is 0.867. The maximum atomic E-state index is 13.2. The zero-order valence-electron chi connectivity index (χ0n) is 23.4. The number of carbonyl (C=O) groups is 2. The summed E-state index contributed by atoms with van der Waals surface area (Å²) in [4.78, 5) is 25.0. The molecule has 0 aromatic carbocycles. The number of amides is 1. The molecule has 1 amide bonds. The first-order chi connectivity index (χ1) is 18.1. The van der Waals surface area contributed by atoms with E-state index in [0.717, 1.165) is 32.1 Å². The van der Waals surface area contributed by atoms with E-state index in [9.17, 15) is 24.9 Å². The lowest BCUT2D eigenvalue weighted by Gasteiger charge is -2.36. The topological polar surface area (TPSA) is 125 Å². The van der Waals surface area contributed by atoms with E-state index in [0.29, 0.717) is 25.2 Å². The van der Waals surface area contributed by atoms with Crippen molar-refractivity contribution < 1.29 is 34.4 Å². The number of unbranched alkanes of at least 4 members (excludes halogenated alkanes) is 1. The minimum absolute atomic E-state index is 0.0591. The Kier molecular flexibility index (Phi) is 9.93. The summed E-state index contributed by atoms with van der Waals surface area (Å²) in [6.07, 6.45) is 12.3. The molecule has 10 atom stereocenters. The van der Waals surface area contributed by atoms with Gasteiger partial charge in [-0.25, -0.2) is 4.79 Å². The number of rotatable bonds is 11. The number of carboxylic acid groups (broad SMARTS) is 1. The zero-order valence-corrected chi connectivity index (χ0v) is 23.4. The Labute approximate surface area is 227 Å². The molecule has 5 aliphatic rings. The molecule has 5 rings (SSSR count). The number of carbonyl (C=O) groups excluding carboxylic acids is 1. The molecule has 3 heterocycles. The number of aliphatic hydroxyl groups is 2. The van der Waals surface area contributed by atoms with Crippen molar-refractivity contribution in [3.63, 3.8) is 0 Å². The van der Waals surface area contributed by atoms with E-state index < -0.39 is 41.8 Å². The minimum Gasteiger partial charge on any atom is -0.480 e. The summed E-state index contributed by atoms with van der Waals surface area (Å²) in [5, 5.41) is 35.1. The van der Waals surface area contributed by atoms with Crippen LogP contribution in [-0.2, 0) is 19.1 Å². The highest BCUT2D eigenvalue weighted by Gasteiger charge is 2.58. The van der Waals surface area contributed by atoms with Gasteiger partial charge in [0.25, 0.3) is 0 Å². The highest BCUT2D eigenvalue weighted by Crippen LogP contribution is 2.52. The molecular formula is C30H49NO7. The van der Waals surface area contributed by atoms with Crippen molar-refractivity contribution in [1.29, 1.82) is 0 Å². The van der Waals surface area contributed by atoms with Gasteiger partial charge in [0, 0.05) is 12.3 Å². The predicted molar refractivity (Wildman–Crippen MR) is 143 cm³/mol. The highest BCUT2D eigenvalue weighted by molar-refractivity contribution is 5.86. The van der Waals surface area contributed by atoms with Crippen molar-refractivity contribution in [1.82, 2.24) is 5.32 Å². The average Bonchev–Trinajstić information content (AvgIpc) is 3.53. The third-order valence-corrected chi connectivity index (χ3v) is 9.35. The summed E-state index contributed by atoms with van der Waals surface area (Å²) in [6.45, 7) is 6.04. The summed E-state index contributed by atoms with van der Waals surface area (Å²) in [5.74, 6) is -2.48. The Bertz CT molecular complexity index is 846. The van der Waals surface area contributed by atoms with E-state index in [-0.39, 0.29) is 36.4 Å². The van der Waals surface area contributed by atoms with Crippen molar-refractivity contribution in [2.24, 2.45) is 29.6 Å². The van der Waals surface area contributed by atoms with Crippen molar-refractivity contribution in [3.05, 3.63) is 12.2 Å². The second kappa shape index (κ2) is 12.8. The van der Waals surface area contributed by atoms with Gasteiger partial charge < -0.3 is 30.1 Å². The summed E-state index contributed by atoms with van der Waals surface area (Å²) < 4.78 is 12.5. The highest BCUT2D eigenvalue weighted by atomic mass is 16.6. The molecule has 4 N–H and O–H groups in total. The lowest BCUT2D eigenvalue weighted by molar-refractivity contribution is -0.249. The Balaban J connectivity index is 1.47. The van der Waals surface area contributed by atoms with Gasteiger partial charge in [-0.2, -0.15) is 0 Å². The number of ether oxygens (including phenoxy) is 2. The lowest BCUT2D eigenvalue weighted by Crippen LogP contribution is -2.51. The van der Waals surface area contributed by atoms with Gasteiger partial charge in [-0.3, -0.25) is 4.79 Å². The van der Waals surface area contributed by atoms with Gasteiger partial charge in [-0.1, -0.05) is 58.6 Å². The zero-order chi connectivity index (χ0) is 27.4. The van der Waals surface area contributed by atoms with Crippen LogP contribution in [-0.4, -0.2) is 63.4 Å². The van der Waals surface area contributed by atoms with Gasteiger partial charge in [-0.15, -0.1) is 0 Å². The predicted octanol–water partition coefficient (Wildman–Crippen LogP) is 4.18. The molecule has 0 aromatic rings. The smallest absolute Gasteiger partial charge is 0.326 e. The van der Waals surface area contributed by atoms with Gasteiger partial charge in [0.1, 0.15) is 12.1 Å². The molecule has 8 nitrogen and oxygen atoms in total. The fourth-order valence-corrected chi connectivity index (χ4v) is 7.35. The first-order valence-corrected chi connectivity index (χ1v) is 15.0. The number of aliphatic carboxylic acids is 1. The van der Waals surface area contributed by atoms with Crippen LogP contribution in [0.2, 0.25) is 0 Å². The molecule has 38 heavy (non-hydrogen) atoms. The number of fused-ring (bicyclic) bond motifs is 4. The van der Waals surface area contributed by atoms with Gasteiger partial charge in [0.2, 0.25) is 5.91 Å². The van der Waals surface area contributed by atoms with Crippen LogP contribution in [0.5, 0.6) is 0 Å². The molecule has 5 fully saturated rings. The third-order valence-electron chi connectivity index (χ3n) is 9.35. The largest absolute Gasteiger partial charge is 0.480 e. The lowest BCUT2D eigenvalue weighted by atomic mass is 9.86. The van der Waals surface area contributed by atoms with Crippen molar-refractivity contribution in [2.75, 3.05) is 0 Å². The molecule has 3 saturated heterocycles. The maximum absolute atomic E-state index is 13.2. The van der Waals surface area contributed by atoms with Crippen LogP contribution in [0.4, 0.5) is 0 Å². The minimum atomic E-state index is -1.61. The van der Waals surface area contributed by atoms with Crippen LogP contribution in [0.25, 0.3) is 0 Å². The maximum Gasteiger partial charge on any atom is 0.326 e. The monoisotopic (exact) mass is 535 g/mol. The molecule has 3 aliphatic heterocycles. The van der Waals surface area contributed by atoms with E-state index in [1.54, 1.807) is 0 Å². The number of hydrogen-bond acceptors (Lipinski definition) is 6. The van der Waals surface area contributed by atoms with Crippen LogP contribution in [0.1, 0.15) is 97.8 Å². The molecule has 0 radical (unpaired) electrons. The van der Waals surface area contributed by atoms with Crippen LogP contribution in [0.3, 0.4) is 0 Å². The Morgan fingerprint density at radius 1 is 1.16 bits per heavy atom. The second-order valence-corrected chi connectivity index (χ2v) is 12.8. The average molecular weight is 536 g/mol. The molecule has 7 unspecified atom stereocenters. The second-order valence-electron chi connectivity index (χ2n) is 12.8. The first-order valence-electron chi connectivity index (χ1n) is 15.0. The van der Waals surface area contributed by atoms with E-state index >= 15 is 0 Å². The Morgan fingerprint density at radius 2 is 1.95 bits per heavy atom. The fourth-order valence-electron chi connectivity index (χ4n) is 7.35. The van der Waals surface area contributed by atoms with Crippen LogP contribution in [0.15, 0.2) is 12.2 Å². The van der Waals surface area contributed by atoms with Crippen LogP contribution < -0.4 is 5.32 Å². The quantitative estimate of drug-likeness (QED) is 0.293. The molecule has 2 aliphatic carbocycles. The number of carboxylic acids is 1. The summed E-state index contributed by atoms with van der Waals surface area (Å²) in [7, 11) is 0. The third kappa shape index (κ3) is 6.98. The van der Waals surface area contributed by atoms with Crippen LogP contribution >= 0.6 is 0 Å². The standard InChI is InChI=1S/C30H49NO7/c1-4-5-7-19-10-11-20(15-19)25(32)13-12-23-22-16-21-8-6-9-26(38-30(23,36)17-27(22)37-21)28(33)31-24(29(34)35)14-18(2)3/h12-13,18-27,32,36H,4-11,14-17H2,1-3H3,(H,31,33)(H,34,35)/b13-12+/t19?,20?,21?,22-,23-,24+,25?,26?,27?,30?/m1/s1. The van der Waals surface area contributed by atoms with Gasteiger partial charge in [-0.05, 0) is 68.6 Å². The summed E-state index contributed by atoms with van der Waals surface area (Å²) in [5.41, 5.74) is 0. The SMILES string of the molecule is CCCCC1CCC(C(O)/C=C/[C@@H]2[C@H]3CC4CCCC(C(=O)N[C@@H](CC(C)C)C(=O)O)OC2(O)CC3O4)C1. The number of nitrogens with one attached hydrogen (secondary N) is 1. The van der Waals surface area contributed by atoms with Gasteiger partial charge in [0.05, 0.1) is 18.3 Å². The Morgan fingerprint density at radius 3 is 2.66 bits per heavy atom. The Hall–Kier alpha value is -1.48. The number of hydrogen-bond donors (Lipinski definition) is 4. The van der Waals surface area contributed by atoms with Crippen molar-refractivity contribution in [3.8, 4) is 0 Å². The normalized spacial score (nSPS) is 38.6. The molecule has 8 heteroatoms. The van der Waals surface area contributed by atoms with E-state index in [2.05, 4.69) is 12.2 Å². The van der Waals surface area contributed by atoms with E-state index in [4.69, 9.17) is 9.47 Å². The molecular weight excluding hydrogens is 486 g/mol. The molecule has 0 spiro atoms. The van der Waals surface area contributed by atoms with Gasteiger partial charge >= 0.3 is 5.97 Å². The molecule has 2 saturated carbocycles. The molecule has 216 valence electrons. The first kappa shape index (κ1) is 29.5. The van der Waals surface area contributed by atoms with E-state index in [1.807, 2.05) is 26.0 Å². The summed E-state index contributed by atoms with van der Waals surface area (Å²) >= 11 is 0. The van der Waals surface area contributed by atoms with Crippen molar-refractivity contribution >= 4 is 11.9 Å². The van der Waals surface area contributed by atoms with Gasteiger partial charge in [0.15, 0.2) is 5.79 Å². The van der Waals surface area contributed by atoms with E-state index in [1.165, 1.54) is 19.3 Å².